The summed E-state index contributed by atoms with van der Waals surface area (Å²) in [6.45, 7) is 0.125. The molecular formula is C20H25F2N3O3S. The van der Waals surface area contributed by atoms with Gasteiger partial charge in [0.15, 0.2) is 15.8 Å². The van der Waals surface area contributed by atoms with Gasteiger partial charge in [-0.1, -0.05) is 36.4 Å². The second-order valence-electron chi connectivity index (χ2n) is 6.09. The minimum Gasteiger partial charge on any atom is -0.434 e. The number of aliphatic imine (C=N–C) groups is 1. The van der Waals surface area contributed by atoms with E-state index >= 15 is 0 Å². The summed E-state index contributed by atoms with van der Waals surface area (Å²) in [6, 6.07) is 14.8. The summed E-state index contributed by atoms with van der Waals surface area (Å²) < 4.78 is 54.1. The third kappa shape index (κ3) is 7.69. The Bertz CT molecular complexity index is 891. The van der Waals surface area contributed by atoms with Crippen molar-refractivity contribution in [3.63, 3.8) is 0 Å². The molecule has 2 aromatic rings. The minimum atomic E-state index is -3.33. The van der Waals surface area contributed by atoms with Gasteiger partial charge in [-0.3, -0.25) is 0 Å². The number of ether oxygens (including phenoxy) is 1. The van der Waals surface area contributed by atoms with Crippen molar-refractivity contribution in [1.29, 1.82) is 0 Å². The van der Waals surface area contributed by atoms with E-state index in [9.17, 15) is 17.2 Å². The van der Waals surface area contributed by atoms with E-state index < -0.39 is 16.4 Å². The van der Waals surface area contributed by atoms with E-state index in [2.05, 4.69) is 20.4 Å². The van der Waals surface area contributed by atoms with Gasteiger partial charge in [0.25, 0.3) is 0 Å². The molecule has 0 spiro atoms. The number of alkyl halides is 2. The van der Waals surface area contributed by atoms with Gasteiger partial charge in [0.2, 0.25) is 0 Å². The van der Waals surface area contributed by atoms with E-state index in [1.807, 2.05) is 6.92 Å². The monoisotopic (exact) mass is 425 g/mol. The topological polar surface area (TPSA) is 79.8 Å². The summed E-state index contributed by atoms with van der Waals surface area (Å²) in [4.78, 5) is 4.67. The highest BCUT2D eigenvalue weighted by Crippen LogP contribution is 2.20. The molecule has 6 nitrogen and oxygen atoms in total. The second-order valence-corrected chi connectivity index (χ2v) is 8.20. The number of nitrogens with zero attached hydrogens (tertiary/aromatic N) is 1. The number of guanidine groups is 1. The van der Waals surface area contributed by atoms with E-state index in [1.54, 1.807) is 48.5 Å². The summed E-state index contributed by atoms with van der Waals surface area (Å²) in [7, 11) is -3.33. The molecule has 0 aliphatic rings. The van der Waals surface area contributed by atoms with Crippen molar-refractivity contribution in [3.05, 3.63) is 60.2 Å². The third-order valence-electron chi connectivity index (χ3n) is 3.93. The first-order valence-electron chi connectivity index (χ1n) is 9.25. The van der Waals surface area contributed by atoms with Crippen LogP contribution in [0.5, 0.6) is 5.75 Å². The van der Waals surface area contributed by atoms with Crippen molar-refractivity contribution >= 4 is 15.8 Å². The zero-order valence-electron chi connectivity index (χ0n) is 16.1. The van der Waals surface area contributed by atoms with E-state index in [4.69, 9.17) is 0 Å². The molecule has 158 valence electrons. The molecule has 0 aromatic heterocycles. The fraction of sp³-hybridized carbons (Fsp3) is 0.350. The van der Waals surface area contributed by atoms with Crippen molar-refractivity contribution < 1.29 is 21.9 Å². The number of rotatable bonds is 10. The normalized spacial score (nSPS) is 12.1. The van der Waals surface area contributed by atoms with Crippen LogP contribution in [0.2, 0.25) is 0 Å². The zero-order chi connectivity index (χ0) is 21.1. The van der Waals surface area contributed by atoms with Crippen LogP contribution in [0.15, 0.2) is 64.5 Å². The van der Waals surface area contributed by atoms with Crippen LogP contribution in [-0.2, 0) is 16.4 Å². The Hall–Kier alpha value is -2.68. The molecule has 0 fully saturated rings. The van der Waals surface area contributed by atoms with Gasteiger partial charge in [-0.2, -0.15) is 8.78 Å². The summed E-state index contributed by atoms with van der Waals surface area (Å²) >= 11 is 0. The number of para-hydroxylation sites is 1. The van der Waals surface area contributed by atoms with Crippen LogP contribution in [0, 0.1) is 0 Å². The Morgan fingerprint density at radius 2 is 1.76 bits per heavy atom. The van der Waals surface area contributed by atoms with Crippen LogP contribution in [0.4, 0.5) is 8.78 Å². The second kappa shape index (κ2) is 11.4. The predicted molar refractivity (Wildman–Crippen MR) is 109 cm³/mol. The smallest absolute Gasteiger partial charge is 0.387 e. The highest BCUT2D eigenvalue weighted by Gasteiger charge is 2.13. The Morgan fingerprint density at radius 1 is 1.07 bits per heavy atom. The summed E-state index contributed by atoms with van der Waals surface area (Å²) in [6.07, 6.45) is 0.396. The third-order valence-corrected chi connectivity index (χ3v) is 5.74. The molecule has 2 N–H and O–H groups in total. The van der Waals surface area contributed by atoms with Gasteiger partial charge in [-0.15, -0.1) is 0 Å². The molecule has 0 aliphatic carbocycles. The summed E-state index contributed by atoms with van der Waals surface area (Å²) in [5.74, 6) is 0.557. The number of benzene rings is 2. The van der Waals surface area contributed by atoms with E-state index in [0.29, 0.717) is 35.9 Å². The summed E-state index contributed by atoms with van der Waals surface area (Å²) in [5, 5.41) is 6.10. The van der Waals surface area contributed by atoms with Crippen molar-refractivity contribution in [2.75, 3.05) is 18.8 Å². The van der Waals surface area contributed by atoms with Gasteiger partial charge in [-0.05, 0) is 31.5 Å². The van der Waals surface area contributed by atoms with E-state index in [-0.39, 0.29) is 18.0 Å². The number of nitrogens with one attached hydrogen (secondary N) is 2. The zero-order valence-corrected chi connectivity index (χ0v) is 17.0. The predicted octanol–water partition coefficient (Wildman–Crippen LogP) is 3.21. The van der Waals surface area contributed by atoms with Gasteiger partial charge in [0.05, 0.1) is 17.2 Å². The van der Waals surface area contributed by atoms with Crippen LogP contribution in [0.25, 0.3) is 0 Å². The van der Waals surface area contributed by atoms with Gasteiger partial charge in [-0.25, -0.2) is 13.4 Å². The molecule has 2 aromatic carbocycles. The van der Waals surface area contributed by atoms with Crippen LogP contribution < -0.4 is 15.4 Å². The molecule has 0 unspecified atom stereocenters. The highest BCUT2D eigenvalue weighted by atomic mass is 32.2. The molecule has 0 heterocycles. The van der Waals surface area contributed by atoms with Crippen molar-refractivity contribution in [3.8, 4) is 5.75 Å². The molecular weight excluding hydrogens is 400 g/mol. The molecule has 0 aliphatic heterocycles. The molecule has 0 atom stereocenters. The maximum absolute atomic E-state index is 12.5. The molecule has 2 rings (SSSR count). The standard InChI is InChI=1S/C20H25F2N3O3S/c1-2-23-20(25-15-16-9-6-7-12-18(16)28-19(21)22)24-13-8-14-29(26,27)17-10-4-3-5-11-17/h3-7,9-12,19H,2,8,13-15H2,1H3,(H2,23,24,25). The number of hydrogen-bond acceptors (Lipinski definition) is 4. The van der Waals surface area contributed by atoms with Crippen molar-refractivity contribution in [1.82, 2.24) is 10.6 Å². The number of sulfone groups is 1. The molecule has 0 radical (unpaired) electrons. The van der Waals surface area contributed by atoms with E-state index in [0.717, 1.165) is 0 Å². The Morgan fingerprint density at radius 3 is 2.45 bits per heavy atom. The molecule has 29 heavy (non-hydrogen) atoms. The number of hydrogen-bond donors (Lipinski definition) is 2. The molecule has 0 saturated carbocycles. The molecule has 0 amide bonds. The van der Waals surface area contributed by atoms with Crippen LogP contribution >= 0.6 is 0 Å². The average molecular weight is 426 g/mol. The Labute approximate surface area is 169 Å². The lowest BCUT2D eigenvalue weighted by molar-refractivity contribution is -0.0504. The highest BCUT2D eigenvalue weighted by molar-refractivity contribution is 7.91. The van der Waals surface area contributed by atoms with Gasteiger partial charge >= 0.3 is 6.61 Å². The lowest BCUT2D eigenvalue weighted by Gasteiger charge is -2.13. The molecule has 0 bridgehead atoms. The van der Waals surface area contributed by atoms with E-state index in [1.165, 1.54) is 6.07 Å². The fourth-order valence-electron chi connectivity index (χ4n) is 2.57. The SMILES string of the molecule is CCNC(=NCc1ccccc1OC(F)F)NCCCS(=O)(=O)c1ccccc1. The maximum Gasteiger partial charge on any atom is 0.387 e. The maximum atomic E-state index is 12.5. The first kappa shape index (κ1) is 22.6. The fourth-order valence-corrected chi connectivity index (χ4v) is 3.90. The largest absolute Gasteiger partial charge is 0.434 e. The van der Waals surface area contributed by atoms with Crippen LogP contribution in [-0.4, -0.2) is 39.8 Å². The quantitative estimate of drug-likeness (QED) is 0.347. The lowest BCUT2D eigenvalue weighted by atomic mass is 10.2. The lowest BCUT2D eigenvalue weighted by Crippen LogP contribution is -2.38. The average Bonchev–Trinajstić information content (AvgIpc) is 2.70. The minimum absolute atomic E-state index is 0.00841. The van der Waals surface area contributed by atoms with Crippen LogP contribution in [0.1, 0.15) is 18.9 Å². The Balaban J connectivity index is 1.92. The van der Waals surface area contributed by atoms with Gasteiger partial charge < -0.3 is 15.4 Å². The first-order chi connectivity index (χ1) is 13.9. The van der Waals surface area contributed by atoms with Gasteiger partial charge in [0, 0.05) is 18.7 Å². The summed E-state index contributed by atoms with van der Waals surface area (Å²) in [5.41, 5.74) is 0.525. The van der Waals surface area contributed by atoms with Crippen molar-refractivity contribution in [2.24, 2.45) is 4.99 Å². The first-order valence-corrected chi connectivity index (χ1v) is 10.9. The van der Waals surface area contributed by atoms with Crippen LogP contribution in [0.3, 0.4) is 0 Å². The number of halogens is 2. The Kier molecular flexibility index (Phi) is 8.85. The molecule has 9 heteroatoms. The van der Waals surface area contributed by atoms with Crippen molar-refractivity contribution in [2.45, 2.75) is 31.4 Å². The molecule has 0 saturated heterocycles. The van der Waals surface area contributed by atoms with Gasteiger partial charge in [0.1, 0.15) is 5.75 Å².